The van der Waals surface area contributed by atoms with Crippen LogP contribution in [0.15, 0.2) is 30.5 Å². The molecule has 0 aliphatic heterocycles. The van der Waals surface area contributed by atoms with Crippen molar-refractivity contribution < 1.29 is 4.79 Å². The monoisotopic (exact) mass is 225 g/mol. The number of halogens is 2. The van der Waals surface area contributed by atoms with Gasteiger partial charge in [-0.25, -0.2) is 0 Å². The van der Waals surface area contributed by atoms with E-state index in [1.807, 2.05) is 6.07 Å². The Labute approximate surface area is 90.5 Å². The van der Waals surface area contributed by atoms with E-state index in [1.165, 1.54) is 0 Å². The molecule has 0 bridgehead atoms. The molecule has 70 valence electrons. The minimum Gasteiger partial charge on any atom is -0.275 e. The Balaban J connectivity index is 2.90. The molecule has 0 aliphatic rings. The van der Waals surface area contributed by atoms with Crippen LogP contribution in [0.25, 0.3) is 10.9 Å². The predicted octanol–water partition coefficient (Wildman–Crippen LogP) is 3.27. The summed E-state index contributed by atoms with van der Waals surface area (Å²) in [5.74, 6) is 0. The zero-order chi connectivity index (χ0) is 10.1. The first-order valence-electron chi connectivity index (χ1n) is 3.93. The van der Waals surface area contributed by atoms with Crippen molar-refractivity contribution in [2.75, 3.05) is 0 Å². The van der Waals surface area contributed by atoms with E-state index in [0.717, 1.165) is 5.39 Å². The predicted molar refractivity (Wildman–Crippen MR) is 56.9 cm³/mol. The molecular formula is C10H5Cl2NO. The fourth-order valence-corrected chi connectivity index (χ4v) is 1.79. The zero-order valence-electron chi connectivity index (χ0n) is 7.00. The Kier molecular flexibility index (Phi) is 2.40. The molecule has 0 radical (unpaired) electrons. The maximum Gasteiger partial charge on any atom is 0.256 e. The fraction of sp³-hybridized carbons (Fsp3) is 0. The molecule has 2 rings (SSSR count). The first-order chi connectivity index (χ1) is 6.70. The lowest BCUT2D eigenvalue weighted by Crippen LogP contribution is -1.94. The number of carbonyl (C=O) groups is 1. The molecule has 1 aromatic heterocycles. The summed E-state index contributed by atoms with van der Waals surface area (Å²) in [5, 5.41) is 0.594. The van der Waals surface area contributed by atoms with Gasteiger partial charge in [0.05, 0.1) is 16.1 Å². The van der Waals surface area contributed by atoms with E-state index in [4.69, 9.17) is 23.2 Å². The van der Waals surface area contributed by atoms with E-state index in [9.17, 15) is 4.79 Å². The summed E-state index contributed by atoms with van der Waals surface area (Å²) in [6.07, 6.45) is 1.60. The van der Waals surface area contributed by atoms with Gasteiger partial charge in [-0.3, -0.25) is 9.78 Å². The van der Waals surface area contributed by atoms with Gasteiger partial charge in [0.15, 0.2) is 0 Å². The van der Waals surface area contributed by atoms with Crippen LogP contribution in [-0.2, 0) is 0 Å². The SMILES string of the molecule is O=C(Cl)c1c(Cl)ccc2cccnc12. The van der Waals surface area contributed by atoms with Crippen molar-refractivity contribution in [1.29, 1.82) is 0 Å². The van der Waals surface area contributed by atoms with Crippen molar-refractivity contribution in [2.24, 2.45) is 0 Å². The van der Waals surface area contributed by atoms with Crippen LogP contribution >= 0.6 is 23.2 Å². The smallest absolute Gasteiger partial charge is 0.256 e. The molecule has 0 aliphatic carbocycles. The average molecular weight is 226 g/mol. The second-order valence-electron chi connectivity index (χ2n) is 2.77. The molecule has 0 atom stereocenters. The number of rotatable bonds is 1. The van der Waals surface area contributed by atoms with Gasteiger partial charge < -0.3 is 0 Å². The molecule has 14 heavy (non-hydrogen) atoms. The summed E-state index contributed by atoms with van der Waals surface area (Å²) >= 11 is 11.3. The first-order valence-corrected chi connectivity index (χ1v) is 4.69. The van der Waals surface area contributed by atoms with Gasteiger partial charge in [0.25, 0.3) is 5.24 Å². The topological polar surface area (TPSA) is 30.0 Å². The second kappa shape index (κ2) is 3.56. The molecule has 2 aromatic rings. The fourth-order valence-electron chi connectivity index (χ4n) is 1.31. The van der Waals surface area contributed by atoms with Crippen LogP contribution < -0.4 is 0 Å². The van der Waals surface area contributed by atoms with Crippen LogP contribution in [0.1, 0.15) is 10.4 Å². The van der Waals surface area contributed by atoms with E-state index in [0.29, 0.717) is 10.5 Å². The Morgan fingerprint density at radius 3 is 2.79 bits per heavy atom. The van der Waals surface area contributed by atoms with E-state index in [1.54, 1.807) is 24.4 Å². The van der Waals surface area contributed by atoms with E-state index in [-0.39, 0.29) is 5.56 Å². The number of benzene rings is 1. The van der Waals surface area contributed by atoms with Gasteiger partial charge in [0.1, 0.15) is 0 Å². The van der Waals surface area contributed by atoms with Gasteiger partial charge in [-0.05, 0) is 23.7 Å². The molecular weight excluding hydrogens is 221 g/mol. The number of nitrogens with zero attached hydrogens (tertiary/aromatic N) is 1. The van der Waals surface area contributed by atoms with Crippen molar-refractivity contribution in [1.82, 2.24) is 4.98 Å². The normalized spacial score (nSPS) is 10.4. The van der Waals surface area contributed by atoms with Gasteiger partial charge in [0.2, 0.25) is 0 Å². The molecule has 0 spiro atoms. The lowest BCUT2D eigenvalue weighted by molar-refractivity contribution is 0.108. The highest BCUT2D eigenvalue weighted by molar-refractivity contribution is 6.69. The van der Waals surface area contributed by atoms with Gasteiger partial charge in [-0.2, -0.15) is 0 Å². The highest BCUT2D eigenvalue weighted by Gasteiger charge is 2.12. The minimum absolute atomic E-state index is 0.270. The summed E-state index contributed by atoms with van der Waals surface area (Å²) in [6.45, 7) is 0. The van der Waals surface area contributed by atoms with Crippen LogP contribution in [0.4, 0.5) is 0 Å². The third-order valence-corrected chi connectivity index (χ3v) is 2.42. The molecule has 4 heteroatoms. The van der Waals surface area contributed by atoms with E-state index in [2.05, 4.69) is 4.98 Å². The Morgan fingerprint density at radius 1 is 1.29 bits per heavy atom. The minimum atomic E-state index is -0.584. The second-order valence-corrected chi connectivity index (χ2v) is 3.52. The number of pyridine rings is 1. The third-order valence-electron chi connectivity index (χ3n) is 1.92. The average Bonchev–Trinajstić information content (AvgIpc) is 2.17. The molecule has 1 heterocycles. The number of carbonyl (C=O) groups excluding carboxylic acids is 1. The zero-order valence-corrected chi connectivity index (χ0v) is 8.51. The molecule has 0 saturated carbocycles. The molecule has 0 amide bonds. The largest absolute Gasteiger partial charge is 0.275 e. The molecule has 0 fully saturated rings. The maximum atomic E-state index is 11.1. The number of hydrogen-bond donors (Lipinski definition) is 0. The summed E-state index contributed by atoms with van der Waals surface area (Å²) < 4.78 is 0. The van der Waals surface area contributed by atoms with Crippen molar-refractivity contribution >= 4 is 39.3 Å². The standard InChI is InChI=1S/C10H5Cl2NO/c11-7-4-3-6-2-1-5-13-9(6)8(7)10(12)14/h1-5H. The molecule has 2 nitrogen and oxygen atoms in total. The highest BCUT2D eigenvalue weighted by atomic mass is 35.5. The Bertz CT molecular complexity index is 510. The van der Waals surface area contributed by atoms with Gasteiger partial charge >= 0.3 is 0 Å². The van der Waals surface area contributed by atoms with Crippen LogP contribution in [0.3, 0.4) is 0 Å². The summed E-state index contributed by atoms with van der Waals surface area (Å²) in [4.78, 5) is 15.2. The van der Waals surface area contributed by atoms with Crippen molar-refractivity contribution in [3.05, 3.63) is 41.0 Å². The van der Waals surface area contributed by atoms with E-state index < -0.39 is 5.24 Å². The summed E-state index contributed by atoms with van der Waals surface area (Å²) in [6, 6.07) is 7.08. The first kappa shape index (κ1) is 9.44. The lowest BCUT2D eigenvalue weighted by Gasteiger charge is -2.02. The molecule has 0 unspecified atom stereocenters. The number of aromatic nitrogens is 1. The quantitative estimate of drug-likeness (QED) is 0.698. The van der Waals surface area contributed by atoms with Gasteiger partial charge in [-0.15, -0.1) is 0 Å². The Morgan fingerprint density at radius 2 is 2.07 bits per heavy atom. The number of hydrogen-bond acceptors (Lipinski definition) is 2. The van der Waals surface area contributed by atoms with E-state index >= 15 is 0 Å². The molecule has 0 N–H and O–H groups in total. The van der Waals surface area contributed by atoms with Gasteiger partial charge in [-0.1, -0.05) is 23.7 Å². The molecule has 0 saturated heterocycles. The lowest BCUT2D eigenvalue weighted by atomic mass is 10.1. The maximum absolute atomic E-state index is 11.1. The van der Waals surface area contributed by atoms with Gasteiger partial charge in [0, 0.05) is 11.6 Å². The Hall–Kier alpha value is -1.12. The number of fused-ring (bicyclic) bond motifs is 1. The van der Waals surface area contributed by atoms with Crippen LogP contribution in [-0.4, -0.2) is 10.2 Å². The summed E-state index contributed by atoms with van der Waals surface area (Å²) in [5.41, 5.74) is 0.812. The highest BCUT2D eigenvalue weighted by Crippen LogP contribution is 2.25. The summed E-state index contributed by atoms with van der Waals surface area (Å²) in [7, 11) is 0. The third kappa shape index (κ3) is 1.47. The van der Waals surface area contributed by atoms with Crippen molar-refractivity contribution in [2.45, 2.75) is 0 Å². The molecule has 1 aromatic carbocycles. The van der Waals surface area contributed by atoms with Crippen molar-refractivity contribution in [3.8, 4) is 0 Å². The van der Waals surface area contributed by atoms with Crippen LogP contribution in [0.5, 0.6) is 0 Å². The van der Waals surface area contributed by atoms with Crippen LogP contribution in [0, 0.1) is 0 Å². The van der Waals surface area contributed by atoms with Crippen LogP contribution in [0.2, 0.25) is 5.02 Å². The van der Waals surface area contributed by atoms with Crippen molar-refractivity contribution in [3.63, 3.8) is 0 Å².